The third-order valence-electron chi connectivity index (χ3n) is 7.36. The summed E-state index contributed by atoms with van der Waals surface area (Å²) in [5.74, 6) is -6.43. The van der Waals surface area contributed by atoms with Crippen LogP contribution in [0.15, 0.2) is 12.1 Å². The van der Waals surface area contributed by atoms with E-state index in [1.807, 2.05) is 0 Å². The van der Waals surface area contributed by atoms with E-state index in [-0.39, 0.29) is 24.3 Å². The fourth-order valence-corrected chi connectivity index (χ4v) is 5.89. The van der Waals surface area contributed by atoms with Crippen molar-refractivity contribution < 1.29 is 29.4 Å². The Labute approximate surface area is 179 Å². The number of fused-ring (bicyclic) bond motifs is 3. The zero-order chi connectivity index (χ0) is 22.8. The van der Waals surface area contributed by atoms with Crippen LogP contribution in [-0.4, -0.2) is 64.1 Å². The van der Waals surface area contributed by atoms with Gasteiger partial charge in [-0.3, -0.25) is 24.1 Å². The molecule has 6 N–H and O–H groups in total. The summed E-state index contributed by atoms with van der Waals surface area (Å²) in [5.41, 5.74) is 10.1. The molecule has 0 bridgehead atoms. The van der Waals surface area contributed by atoms with Gasteiger partial charge in [-0.25, -0.2) is 0 Å². The molecule has 4 rings (SSSR count). The van der Waals surface area contributed by atoms with Crippen molar-refractivity contribution in [1.29, 1.82) is 0 Å². The maximum atomic E-state index is 13.6. The SMILES string of the molecule is CN(C)C1C(=O)C(C(N)=O)CC2(O)C(=O)C3C(=O)c4c(ccc(CN)c4O)CC3CC12. The third kappa shape index (κ3) is 2.95. The number of hydrogen-bond acceptors (Lipinski definition) is 8. The van der Waals surface area contributed by atoms with Crippen LogP contribution in [0.3, 0.4) is 0 Å². The van der Waals surface area contributed by atoms with Gasteiger partial charge < -0.3 is 21.7 Å². The van der Waals surface area contributed by atoms with Crippen LogP contribution in [0.1, 0.15) is 34.3 Å². The van der Waals surface area contributed by atoms with Crippen molar-refractivity contribution in [3.8, 4) is 5.75 Å². The summed E-state index contributed by atoms with van der Waals surface area (Å²) >= 11 is 0. The maximum Gasteiger partial charge on any atom is 0.228 e. The Morgan fingerprint density at radius 3 is 2.52 bits per heavy atom. The quantitative estimate of drug-likeness (QED) is 0.451. The summed E-state index contributed by atoms with van der Waals surface area (Å²) in [4.78, 5) is 53.4. The van der Waals surface area contributed by atoms with E-state index in [2.05, 4.69) is 0 Å². The fourth-order valence-electron chi connectivity index (χ4n) is 5.89. The molecular formula is C22H27N3O6. The Balaban J connectivity index is 1.81. The van der Waals surface area contributed by atoms with Crippen LogP contribution in [0.2, 0.25) is 0 Å². The first-order valence-corrected chi connectivity index (χ1v) is 10.4. The number of carbonyl (C=O) groups is 4. The molecule has 6 atom stereocenters. The summed E-state index contributed by atoms with van der Waals surface area (Å²) in [6.07, 6.45) is 0.195. The molecule has 9 heteroatoms. The Morgan fingerprint density at radius 2 is 1.94 bits per heavy atom. The molecule has 31 heavy (non-hydrogen) atoms. The summed E-state index contributed by atoms with van der Waals surface area (Å²) < 4.78 is 0. The van der Waals surface area contributed by atoms with Crippen molar-refractivity contribution in [2.75, 3.05) is 14.1 Å². The van der Waals surface area contributed by atoms with Gasteiger partial charge in [-0.05, 0) is 38.4 Å². The molecule has 0 aliphatic heterocycles. The van der Waals surface area contributed by atoms with Crippen molar-refractivity contribution >= 4 is 23.3 Å². The van der Waals surface area contributed by atoms with Crippen molar-refractivity contribution in [2.24, 2.45) is 35.1 Å². The lowest BCUT2D eigenvalue weighted by molar-refractivity contribution is -0.176. The van der Waals surface area contributed by atoms with Crippen LogP contribution in [0, 0.1) is 23.7 Å². The summed E-state index contributed by atoms with van der Waals surface area (Å²) in [7, 11) is 3.30. The van der Waals surface area contributed by atoms with Crippen LogP contribution in [0.5, 0.6) is 5.75 Å². The van der Waals surface area contributed by atoms with Crippen molar-refractivity contribution in [3.63, 3.8) is 0 Å². The Hall–Kier alpha value is -2.62. The first kappa shape index (κ1) is 21.6. The van der Waals surface area contributed by atoms with E-state index >= 15 is 0 Å². The molecule has 0 aromatic heterocycles. The molecule has 6 unspecified atom stereocenters. The number of aliphatic hydroxyl groups is 1. The molecule has 2 saturated carbocycles. The smallest absolute Gasteiger partial charge is 0.228 e. The van der Waals surface area contributed by atoms with Gasteiger partial charge in [0.15, 0.2) is 17.3 Å². The van der Waals surface area contributed by atoms with Crippen molar-refractivity contribution in [1.82, 2.24) is 4.90 Å². The number of hydrogen-bond donors (Lipinski definition) is 4. The minimum absolute atomic E-state index is 0.0351. The van der Waals surface area contributed by atoms with Gasteiger partial charge in [0.25, 0.3) is 0 Å². The molecule has 0 heterocycles. The highest BCUT2D eigenvalue weighted by Gasteiger charge is 2.64. The minimum atomic E-state index is -2.03. The number of phenols is 1. The van der Waals surface area contributed by atoms with Crippen LogP contribution >= 0.6 is 0 Å². The van der Waals surface area contributed by atoms with E-state index in [9.17, 15) is 29.4 Å². The minimum Gasteiger partial charge on any atom is -0.507 e. The number of aromatic hydroxyl groups is 1. The number of nitrogens with zero attached hydrogens (tertiary/aromatic N) is 1. The number of nitrogens with two attached hydrogens (primary N) is 2. The zero-order valence-electron chi connectivity index (χ0n) is 17.5. The molecule has 0 spiro atoms. The van der Waals surface area contributed by atoms with Gasteiger partial charge in [-0.2, -0.15) is 0 Å². The normalized spacial score (nSPS) is 34.9. The number of primary amides is 1. The average Bonchev–Trinajstić information content (AvgIpc) is 2.69. The van der Waals surface area contributed by atoms with E-state index in [0.717, 1.165) is 0 Å². The number of benzene rings is 1. The predicted octanol–water partition coefficient (Wildman–Crippen LogP) is -0.853. The molecule has 3 aliphatic rings. The van der Waals surface area contributed by atoms with Gasteiger partial charge in [0.05, 0.1) is 17.5 Å². The second kappa shape index (κ2) is 7.22. The number of amides is 1. The topological polar surface area (TPSA) is 164 Å². The van der Waals surface area contributed by atoms with Crippen LogP contribution < -0.4 is 11.5 Å². The first-order chi connectivity index (χ1) is 14.5. The van der Waals surface area contributed by atoms with E-state index in [1.165, 1.54) is 0 Å². The number of phenolic OH excluding ortho intramolecular Hbond substituents is 1. The molecule has 1 amide bonds. The molecule has 9 nitrogen and oxygen atoms in total. The largest absolute Gasteiger partial charge is 0.507 e. The standard InChI is InChI=1S/C22H27N3O6/c1-25(2)16-13-6-11-5-9-3-4-10(8-23)17(26)14(9)19(28)15(11)20(29)22(13,31)7-12(18(16)27)21(24)30/h3-4,11-13,15-16,26,31H,5-8,23H2,1-2H3,(H2,24,30). The monoisotopic (exact) mass is 429 g/mol. The van der Waals surface area contributed by atoms with Crippen molar-refractivity contribution in [3.05, 3.63) is 28.8 Å². The molecule has 0 radical (unpaired) electrons. The van der Waals surface area contributed by atoms with Gasteiger partial charge in [-0.1, -0.05) is 12.1 Å². The van der Waals surface area contributed by atoms with Gasteiger partial charge in [0, 0.05) is 24.4 Å². The second-order valence-corrected chi connectivity index (χ2v) is 9.22. The Bertz CT molecular complexity index is 1010. The van der Waals surface area contributed by atoms with Crippen LogP contribution in [-0.2, 0) is 27.3 Å². The number of rotatable bonds is 3. The lowest BCUT2D eigenvalue weighted by Gasteiger charge is -2.53. The molecule has 1 aromatic rings. The van der Waals surface area contributed by atoms with Gasteiger partial charge in [0.2, 0.25) is 5.91 Å². The fraction of sp³-hybridized carbons (Fsp3) is 0.545. The molecule has 166 valence electrons. The molecule has 2 fully saturated rings. The van der Waals surface area contributed by atoms with E-state index in [1.54, 1.807) is 31.1 Å². The molecule has 3 aliphatic carbocycles. The lowest BCUT2D eigenvalue weighted by atomic mass is 9.53. The predicted molar refractivity (Wildman–Crippen MR) is 109 cm³/mol. The molecule has 1 aromatic carbocycles. The number of carbonyl (C=O) groups excluding carboxylic acids is 4. The van der Waals surface area contributed by atoms with Gasteiger partial charge >= 0.3 is 0 Å². The second-order valence-electron chi connectivity index (χ2n) is 9.22. The summed E-state index contributed by atoms with van der Waals surface area (Å²) in [6, 6.07) is 2.52. The van der Waals surface area contributed by atoms with Crippen LogP contribution in [0.4, 0.5) is 0 Å². The maximum absolute atomic E-state index is 13.6. The first-order valence-electron chi connectivity index (χ1n) is 10.4. The lowest BCUT2D eigenvalue weighted by Crippen LogP contribution is -2.69. The number of ketones is 3. The van der Waals surface area contributed by atoms with Crippen LogP contribution in [0.25, 0.3) is 0 Å². The zero-order valence-corrected chi connectivity index (χ0v) is 17.5. The highest BCUT2D eigenvalue weighted by Crippen LogP contribution is 2.51. The summed E-state index contributed by atoms with van der Waals surface area (Å²) in [5, 5.41) is 22.1. The average molecular weight is 429 g/mol. The van der Waals surface area contributed by atoms with E-state index in [0.29, 0.717) is 17.5 Å². The number of Topliss-reactive ketones (excluding diaryl/α,β-unsaturated/α-hetero) is 3. The van der Waals surface area contributed by atoms with Gasteiger partial charge in [-0.15, -0.1) is 0 Å². The van der Waals surface area contributed by atoms with E-state index in [4.69, 9.17) is 11.5 Å². The third-order valence-corrected chi connectivity index (χ3v) is 7.36. The highest BCUT2D eigenvalue weighted by molar-refractivity contribution is 6.17. The van der Waals surface area contributed by atoms with E-state index < -0.39 is 65.0 Å². The Kier molecular flexibility index (Phi) is 5.03. The Morgan fingerprint density at radius 1 is 1.26 bits per heavy atom. The highest BCUT2D eigenvalue weighted by atomic mass is 16.3. The van der Waals surface area contributed by atoms with Crippen molar-refractivity contribution in [2.45, 2.75) is 37.5 Å². The summed E-state index contributed by atoms with van der Waals surface area (Å²) in [6.45, 7) is 0.0351. The molecule has 0 saturated heterocycles. The number of likely N-dealkylation sites (N-methyl/N-ethyl adjacent to an activating group) is 1. The van der Waals surface area contributed by atoms with Gasteiger partial charge in [0.1, 0.15) is 17.3 Å². The molecular weight excluding hydrogens is 402 g/mol.